The number of carbonyl (C=O) groups excluding carboxylic acids is 1. The minimum atomic E-state index is -0.644. The first kappa shape index (κ1) is 25.3. The highest BCUT2D eigenvalue weighted by Gasteiger charge is 2.25. The Hall–Kier alpha value is -5.02. The maximum absolute atomic E-state index is 14.4. The van der Waals surface area contributed by atoms with Crippen LogP contribution in [0.3, 0.4) is 0 Å². The number of nitrogens with one attached hydrogen (secondary N) is 3. The van der Waals surface area contributed by atoms with Crippen LogP contribution in [0.15, 0.2) is 97.1 Å². The van der Waals surface area contributed by atoms with Crippen molar-refractivity contribution in [3.63, 3.8) is 0 Å². The van der Waals surface area contributed by atoms with E-state index in [1.54, 1.807) is 0 Å². The van der Waals surface area contributed by atoms with Crippen molar-refractivity contribution in [2.24, 2.45) is 0 Å². The summed E-state index contributed by atoms with van der Waals surface area (Å²) in [5.74, 6) is 0.240. The summed E-state index contributed by atoms with van der Waals surface area (Å²) in [6, 6.07) is 25.0. The van der Waals surface area contributed by atoms with Crippen LogP contribution >= 0.6 is 11.6 Å². The number of halogens is 2. The maximum Gasteiger partial charge on any atom is 0.323 e. The standard InChI is InChI=1S/C30H22ClFN6O2/c31-20-12-13-26(25(32)17-20)33-30(39)34-27-16-19(22-9-4-5-10-23(22)29-35-37-38-36-29)15-24-21(11-6-14-40-28(24)27)18-7-2-1-3-8-18/h1-13,15-17,21H,14H2,(H2,33,34,39)(H,35,36,37,38). The predicted octanol–water partition coefficient (Wildman–Crippen LogP) is 7.05. The molecule has 4 aromatic carbocycles. The van der Waals surface area contributed by atoms with Crippen molar-refractivity contribution in [1.29, 1.82) is 0 Å². The molecule has 1 aliphatic rings. The van der Waals surface area contributed by atoms with Crippen LogP contribution < -0.4 is 15.4 Å². The summed E-state index contributed by atoms with van der Waals surface area (Å²) in [4.78, 5) is 13.1. The molecule has 1 aliphatic heterocycles. The molecule has 10 heteroatoms. The number of nitrogens with zero attached hydrogens (tertiary/aromatic N) is 3. The molecule has 3 N–H and O–H groups in total. The highest BCUT2D eigenvalue weighted by molar-refractivity contribution is 6.30. The molecular weight excluding hydrogens is 531 g/mol. The van der Waals surface area contributed by atoms with E-state index in [4.69, 9.17) is 16.3 Å². The van der Waals surface area contributed by atoms with Gasteiger partial charge in [0.1, 0.15) is 18.2 Å². The molecule has 0 saturated heterocycles. The second-order valence-electron chi connectivity index (χ2n) is 9.07. The number of H-pyrrole nitrogens is 1. The summed E-state index contributed by atoms with van der Waals surface area (Å²) in [5, 5.41) is 20.0. The molecular formula is C30H22ClFN6O2. The normalized spacial score (nSPS) is 14.1. The van der Waals surface area contributed by atoms with Crippen LogP contribution in [0.5, 0.6) is 5.75 Å². The molecule has 6 rings (SSSR count). The first-order valence-corrected chi connectivity index (χ1v) is 12.8. The highest BCUT2D eigenvalue weighted by Crippen LogP contribution is 2.44. The summed E-state index contributed by atoms with van der Waals surface area (Å²) in [6.45, 7) is 0.318. The van der Waals surface area contributed by atoms with Gasteiger partial charge in [-0.05, 0) is 57.4 Å². The fraction of sp³-hybridized carbons (Fsp3) is 0.0667. The van der Waals surface area contributed by atoms with Crippen molar-refractivity contribution in [1.82, 2.24) is 20.6 Å². The Morgan fingerprint density at radius 1 is 0.950 bits per heavy atom. The van der Waals surface area contributed by atoms with Crippen LogP contribution in [0.1, 0.15) is 17.0 Å². The molecule has 1 unspecified atom stereocenters. The van der Waals surface area contributed by atoms with Crippen LogP contribution in [0.25, 0.3) is 22.5 Å². The number of urea groups is 1. The van der Waals surface area contributed by atoms with Crippen molar-refractivity contribution in [3.8, 4) is 28.3 Å². The second-order valence-corrected chi connectivity index (χ2v) is 9.50. The molecule has 2 amide bonds. The van der Waals surface area contributed by atoms with Gasteiger partial charge in [0.15, 0.2) is 5.82 Å². The summed E-state index contributed by atoms with van der Waals surface area (Å²) in [6.07, 6.45) is 4.04. The Morgan fingerprint density at radius 3 is 2.50 bits per heavy atom. The van der Waals surface area contributed by atoms with Crippen LogP contribution in [0, 0.1) is 5.82 Å². The number of hydrogen-bond acceptors (Lipinski definition) is 5. The molecule has 0 aliphatic carbocycles. The minimum Gasteiger partial charge on any atom is -0.487 e. The Bertz CT molecular complexity index is 1710. The third-order valence-electron chi connectivity index (χ3n) is 6.53. The smallest absolute Gasteiger partial charge is 0.323 e. The van der Waals surface area contributed by atoms with Crippen molar-refractivity contribution >= 4 is 29.0 Å². The van der Waals surface area contributed by atoms with Gasteiger partial charge in [0.25, 0.3) is 0 Å². The Balaban J connectivity index is 1.47. The lowest BCUT2D eigenvalue weighted by Crippen LogP contribution is -2.21. The third-order valence-corrected chi connectivity index (χ3v) is 6.76. The first-order chi connectivity index (χ1) is 19.6. The quantitative estimate of drug-likeness (QED) is 0.203. The zero-order valence-electron chi connectivity index (χ0n) is 20.9. The Labute approximate surface area is 233 Å². The third kappa shape index (κ3) is 5.14. The molecule has 40 heavy (non-hydrogen) atoms. The van der Waals surface area contributed by atoms with E-state index in [1.165, 1.54) is 12.1 Å². The number of fused-ring (bicyclic) bond motifs is 1. The van der Waals surface area contributed by atoms with Crippen LogP contribution in [0.2, 0.25) is 5.02 Å². The molecule has 1 aromatic heterocycles. The lowest BCUT2D eigenvalue weighted by molar-refractivity contribution is 0.262. The van der Waals surface area contributed by atoms with Gasteiger partial charge in [-0.15, -0.1) is 5.10 Å². The van der Waals surface area contributed by atoms with Gasteiger partial charge in [0.05, 0.1) is 11.4 Å². The lowest BCUT2D eigenvalue weighted by Gasteiger charge is -2.21. The van der Waals surface area contributed by atoms with Gasteiger partial charge >= 0.3 is 6.03 Å². The van der Waals surface area contributed by atoms with E-state index in [0.717, 1.165) is 33.9 Å². The monoisotopic (exact) mass is 552 g/mol. The lowest BCUT2D eigenvalue weighted by atomic mass is 9.87. The number of benzene rings is 4. The van der Waals surface area contributed by atoms with Crippen molar-refractivity contribution in [3.05, 3.63) is 119 Å². The molecule has 0 radical (unpaired) electrons. The molecule has 198 valence electrons. The molecule has 0 fully saturated rings. The van der Waals surface area contributed by atoms with Crippen LogP contribution in [-0.4, -0.2) is 33.3 Å². The SMILES string of the molecule is O=C(Nc1ccc(Cl)cc1F)Nc1cc(-c2ccccc2-c2nnn[nH]2)cc2c1OCC=CC2c1ccccc1. The predicted molar refractivity (Wildman–Crippen MR) is 152 cm³/mol. The van der Waals surface area contributed by atoms with E-state index < -0.39 is 11.8 Å². The number of rotatable bonds is 5. The number of ether oxygens (including phenoxy) is 1. The summed E-state index contributed by atoms with van der Waals surface area (Å²) >= 11 is 5.86. The number of tetrazole rings is 1. The number of allylic oxidation sites excluding steroid dienone is 1. The Kier molecular flexibility index (Phi) is 6.95. The average Bonchev–Trinajstić information content (AvgIpc) is 3.42. The number of hydrogen-bond donors (Lipinski definition) is 3. The van der Waals surface area contributed by atoms with E-state index >= 15 is 0 Å². The summed E-state index contributed by atoms with van der Waals surface area (Å²) in [7, 11) is 0. The van der Waals surface area contributed by atoms with Crippen LogP contribution in [0.4, 0.5) is 20.6 Å². The molecule has 0 spiro atoms. The van der Waals surface area contributed by atoms with Crippen LogP contribution in [-0.2, 0) is 0 Å². The van der Waals surface area contributed by atoms with E-state index in [9.17, 15) is 9.18 Å². The average molecular weight is 553 g/mol. The zero-order valence-corrected chi connectivity index (χ0v) is 21.7. The van der Waals surface area contributed by atoms with E-state index in [1.807, 2.05) is 72.8 Å². The van der Waals surface area contributed by atoms with Crippen molar-refractivity contribution in [2.75, 3.05) is 17.2 Å². The van der Waals surface area contributed by atoms with E-state index in [0.29, 0.717) is 23.9 Å². The van der Waals surface area contributed by atoms with Gasteiger partial charge < -0.3 is 15.4 Å². The molecule has 2 heterocycles. The molecule has 8 nitrogen and oxygen atoms in total. The van der Waals surface area contributed by atoms with Gasteiger partial charge in [-0.25, -0.2) is 14.3 Å². The summed E-state index contributed by atoms with van der Waals surface area (Å²) < 4.78 is 20.6. The van der Waals surface area contributed by atoms with Crippen molar-refractivity contribution in [2.45, 2.75) is 5.92 Å². The Morgan fingerprint density at radius 2 is 1.73 bits per heavy atom. The largest absolute Gasteiger partial charge is 0.487 e. The van der Waals surface area contributed by atoms with E-state index in [2.05, 4.69) is 37.3 Å². The fourth-order valence-electron chi connectivity index (χ4n) is 4.75. The first-order valence-electron chi connectivity index (χ1n) is 12.5. The van der Waals surface area contributed by atoms with Gasteiger partial charge in [-0.2, -0.15) is 0 Å². The van der Waals surface area contributed by atoms with Gasteiger partial charge in [-0.1, -0.05) is 78.4 Å². The number of carbonyl (C=O) groups is 1. The zero-order chi connectivity index (χ0) is 27.5. The van der Waals surface area contributed by atoms with E-state index in [-0.39, 0.29) is 16.6 Å². The number of aromatic nitrogens is 4. The van der Waals surface area contributed by atoms with Gasteiger partial charge in [-0.3, -0.25) is 0 Å². The maximum atomic E-state index is 14.4. The molecule has 1 atom stereocenters. The topological polar surface area (TPSA) is 105 Å². The minimum absolute atomic E-state index is 0.00273. The number of aromatic amines is 1. The van der Waals surface area contributed by atoms with Gasteiger partial charge in [0, 0.05) is 22.1 Å². The molecule has 0 saturated carbocycles. The number of amides is 2. The molecule has 5 aromatic rings. The summed E-state index contributed by atoms with van der Waals surface area (Å²) in [5.41, 5.74) is 4.78. The number of anilines is 2. The van der Waals surface area contributed by atoms with Gasteiger partial charge in [0.2, 0.25) is 0 Å². The van der Waals surface area contributed by atoms with Crippen molar-refractivity contribution < 1.29 is 13.9 Å². The highest BCUT2D eigenvalue weighted by atomic mass is 35.5. The molecule has 0 bridgehead atoms. The fourth-order valence-corrected chi connectivity index (χ4v) is 4.91. The second kappa shape index (κ2) is 11.0.